The van der Waals surface area contributed by atoms with E-state index in [-0.39, 0.29) is 12.5 Å². The zero-order valence-corrected chi connectivity index (χ0v) is 16.4. The Hall–Kier alpha value is -2.89. The van der Waals surface area contributed by atoms with E-state index >= 15 is 0 Å². The summed E-state index contributed by atoms with van der Waals surface area (Å²) in [5.41, 5.74) is 0.895. The van der Waals surface area contributed by atoms with E-state index in [1.54, 1.807) is 44.4 Å². The Bertz CT molecular complexity index is 730. The van der Waals surface area contributed by atoms with Crippen LogP contribution in [0.1, 0.15) is 18.9 Å². The number of benzene rings is 2. The molecule has 0 fully saturated rings. The largest absolute Gasteiger partial charge is 0.497 e. The van der Waals surface area contributed by atoms with Gasteiger partial charge in [0.25, 0.3) is 5.91 Å². The highest BCUT2D eigenvalue weighted by Crippen LogP contribution is 2.25. The molecule has 2 aromatic carbocycles. The number of rotatable bonds is 10. The lowest BCUT2D eigenvalue weighted by Gasteiger charge is -2.19. The highest BCUT2D eigenvalue weighted by Gasteiger charge is 2.13. The molecule has 0 aliphatic carbocycles. The molecule has 6 nitrogen and oxygen atoms in total. The number of hydrogen-bond donors (Lipinski definition) is 0. The molecule has 0 aromatic heterocycles. The molecule has 0 aliphatic heterocycles. The van der Waals surface area contributed by atoms with Crippen molar-refractivity contribution < 1.29 is 23.7 Å². The maximum absolute atomic E-state index is 12.4. The Labute approximate surface area is 160 Å². The summed E-state index contributed by atoms with van der Waals surface area (Å²) in [6, 6.07) is 12.8. The number of hydrogen-bond acceptors (Lipinski definition) is 5. The van der Waals surface area contributed by atoms with Gasteiger partial charge in [0.1, 0.15) is 23.0 Å². The Kier molecular flexibility index (Phi) is 7.79. The van der Waals surface area contributed by atoms with Gasteiger partial charge < -0.3 is 23.8 Å². The minimum atomic E-state index is -0.126. The molecule has 27 heavy (non-hydrogen) atoms. The van der Waals surface area contributed by atoms with Gasteiger partial charge in [-0.25, -0.2) is 0 Å². The van der Waals surface area contributed by atoms with Crippen molar-refractivity contribution in [3.8, 4) is 23.0 Å². The highest BCUT2D eigenvalue weighted by molar-refractivity contribution is 5.77. The topological polar surface area (TPSA) is 57.2 Å². The Morgan fingerprint density at radius 1 is 0.926 bits per heavy atom. The van der Waals surface area contributed by atoms with Crippen LogP contribution in [-0.4, -0.2) is 45.3 Å². The quantitative estimate of drug-likeness (QED) is 0.638. The molecule has 0 N–H and O–H groups in total. The predicted octanol–water partition coefficient (Wildman–Crippen LogP) is 3.53. The SMILES string of the molecule is CCCOc1ccc(OCC(=O)N(C)Cc2ccc(OC)cc2OC)cc1. The fourth-order valence-corrected chi connectivity index (χ4v) is 2.43. The number of carbonyl (C=O) groups is 1. The standard InChI is InChI=1S/C21H27NO5/c1-5-12-26-17-8-10-18(11-9-17)27-15-21(23)22(2)14-16-6-7-19(24-3)13-20(16)25-4/h6-11,13H,5,12,14-15H2,1-4H3. The van der Waals surface area contributed by atoms with Crippen LogP contribution >= 0.6 is 0 Å². The van der Waals surface area contributed by atoms with E-state index in [9.17, 15) is 4.79 Å². The van der Waals surface area contributed by atoms with Gasteiger partial charge in [-0.2, -0.15) is 0 Å². The summed E-state index contributed by atoms with van der Waals surface area (Å²) >= 11 is 0. The fourth-order valence-electron chi connectivity index (χ4n) is 2.43. The lowest BCUT2D eigenvalue weighted by molar-refractivity contribution is -0.132. The predicted molar refractivity (Wildman–Crippen MR) is 104 cm³/mol. The molecule has 0 saturated heterocycles. The van der Waals surface area contributed by atoms with Crippen LogP contribution in [-0.2, 0) is 11.3 Å². The Balaban J connectivity index is 1.88. The van der Waals surface area contributed by atoms with Gasteiger partial charge in [-0.05, 0) is 42.8 Å². The van der Waals surface area contributed by atoms with Crippen LogP contribution in [0.25, 0.3) is 0 Å². The smallest absolute Gasteiger partial charge is 0.260 e. The number of likely N-dealkylation sites (N-methyl/N-ethyl adjacent to an activating group) is 1. The van der Waals surface area contributed by atoms with E-state index < -0.39 is 0 Å². The van der Waals surface area contributed by atoms with E-state index in [1.165, 1.54) is 0 Å². The second kappa shape index (κ2) is 10.3. The molecule has 0 radical (unpaired) electrons. The van der Waals surface area contributed by atoms with Gasteiger partial charge in [-0.3, -0.25) is 4.79 Å². The maximum Gasteiger partial charge on any atom is 0.260 e. The lowest BCUT2D eigenvalue weighted by Crippen LogP contribution is -2.31. The number of methoxy groups -OCH3 is 2. The summed E-state index contributed by atoms with van der Waals surface area (Å²) < 4.78 is 21.7. The zero-order valence-electron chi connectivity index (χ0n) is 16.4. The van der Waals surface area contributed by atoms with Gasteiger partial charge >= 0.3 is 0 Å². The molecule has 2 rings (SSSR count). The molecule has 0 bridgehead atoms. The Morgan fingerprint density at radius 2 is 1.56 bits per heavy atom. The monoisotopic (exact) mass is 373 g/mol. The molecular formula is C21H27NO5. The summed E-state index contributed by atoms with van der Waals surface area (Å²) in [5, 5.41) is 0. The van der Waals surface area contributed by atoms with Crippen molar-refractivity contribution in [2.75, 3.05) is 34.5 Å². The van der Waals surface area contributed by atoms with Crippen molar-refractivity contribution in [1.82, 2.24) is 4.90 Å². The molecular weight excluding hydrogens is 346 g/mol. The van der Waals surface area contributed by atoms with Crippen LogP contribution in [0.4, 0.5) is 0 Å². The molecule has 0 heterocycles. The van der Waals surface area contributed by atoms with Gasteiger partial charge in [-0.15, -0.1) is 0 Å². The van der Waals surface area contributed by atoms with E-state index in [0.29, 0.717) is 30.4 Å². The average molecular weight is 373 g/mol. The average Bonchev–Trinajstić information content (AvgIpc) is 2.71. The van der Waals surface area contributed by atoms with Gasteiger partial charge in [0.15, 0.2) is 6.61 Å². The second-order valence-corrected chi connectivity index (χ2v) is 6.04. The summed E-state index contributed by atoms with van der Waals surface area (Å²) in [6.07, 6.45) is 0.956. The van der Waals surface area contributed by atoms with Gasteiger partial charge in [-0.1, -0.05) is 6.92 Å². The molecule has 0 aliphatic rings. The first-order chi connectivity index (χ1) is 13.1. The van der Waals surface area contributed by atoms with E-state index in [4.69, 9.17) is 18.9 Å². The number of nitrogens with zero attached hydrogens (tertiary/aromatic N) is 1. The summed E-state index contributed by atoms with van der Waals surface area (Å²) in [7, 11) is 4.93. The van der Waals surface area contributed by atoms with Crippen molar-refractivity contribution in [3.63, 3.8) is 0 Å². The van der Waals surface area contributed by atoms with Crippen molar-refractivity contribution in [2.24, 2.45) is 0 Å². The van der Waals surface area contributed by atoms with Crippen LogP contribution < -0.4 is 18.9 Å². The molecule has 1 amide bonds. The third-order valence-corrected chi connectivity index (χ3v) is 3.99. The third kappa shape index (κ3) is 6.09. The minimum Gasteiger partial charge on any atom is -0.497 e. The van der Waals surface area contributed by atoms with Gasteiger partial charge in [0.05, 0.1) is 20.8 Å². The normalized spacial score (nSPS) is 10.2. The first-order valence-corrected chi connectivity index (χ1v) is 8.88. The minimum absolute atomic E-state index is 0.0376. The molecule has 2 aromatic rings. The van der Waals surface area contributed by atoms with Crippen molar-refractivity contribution in [3.05, 3.63) is 48.0 Å². The number of amides is 1. The maximum atomic E-state index is 12.4. The van der Waals surface area contributed by atoms with Crippen molar-refractivity contribution in [2.45, 2.75) is 19.9 Å². The van der Waals surface area contributed by atoms with E-state index in [2.05, 4.69) is 6.92 Å². The fraction of sp³-hybridized carbons (Fsp3) is 0.381. The van der Waals surface area contributed by atoms with E-state index in [1.807, 2.05) is 24.3 Å². The summed E-state index contributed by atoms with van der Waals surface area (Å²) in [5.74, 6) is 2.68. The number of carbonyl (C=O) groups excluding carboxylic acids is 1. The van der Waals surface area contributed by atoms with Gasteiger partial charge in [0.2, 0.25) is 0 Å². The van der Waals surface area contributed by atoms with Crippen LogP contribution in [0, 0.1) is 0 Å². The van der Waals surface area contributed by atoms with Crippen LogP contribution in [0.5, 0.6) is 23.0 Å². The van der Waals surface area contributed by atoms with Crippen LogP contribution in [0.2, 0.25) is 0 Å². The van der Waals surface area contributed by atoms with E-state index in [0.717, 1.165) is 17.7 Å². The molecule has 0 atom stereocenters. The lowest BCUT2D eigenvalue weighted by atomic mass is 10.2. The zero-order chi connectivity index (χ0) is 19.6. The second-order valence-electron chi connectivity index (χ2n) is 6.04. The molecule has 146 valence electrons. The first kappa shape index (κ1) is 20.4. The van der Waals surface area contributed by atoms with Gasteiger partial charge in [0, 0.05) is 25.2 Å². The van der Waals surface area contributed by atoms with Crippen LogP contribution in [0.3, 0.4) is 0 Å². The Morgan fingerprint density at radius 3 is 2.15 bits per heavy atom. The number of ether oxygens (including phenoxy) is 4. The first-order valence-electron chi connectivity index (χ1n) is 8.88. The molecule has 0 unspecified atom stereocenters. The summed E-state index contributed by atoms with van der Waals surface area (Å²) in [4.78, 5) is 14.0. The molecule has 0 spiro atoms. The summed E-state index contributed by atoms with van der Waals surface area (Å²) in [6.45, 7) is 3.11. The molecule has 0 saturated carbocycles. The third-order valence-electron chi connectivity index (χ3n) is 3.99. The highest BCUT2D eigenvalue weighted by atomic mass is 16.5. The van der Waals surface area contributed by atoms with Crippen molar-refractivity contribution in [1.29, 1.82) is 0 Å². The molecule has 6 heteroatoms. The van der Waals surface area contributed by atoms with Crippen LogP contribution in [0.15, 0.2) is 42.5 Å². The van der Waals surface area contributed by atoms with Crippen molar-refractivity contribution >= 4 is 5.91 Å².